The number of hydrogen-bond donors (Lipinski definition) is 2. The van der Waals surface area contributed by atoms with Crippen LogP contribution in [0.25, 0.3) is 0 Å². The number of hydrogen-bond acceptors (Lipinski definition) is 5. The number of aromatic amines is 1. The molecule has 0 radical (unpaired) electrons. The van der Waals surface area contributed by atoms with E-state index in [-0.39, 0.29) is 16.5 Å². The number of carbonyl (C=O) groups is 1. The van der Waals surface area contributed by atoms with Crippen molar-refractivity contribution >= 4 is 37.5 Å². The lowest BCUT2D eigenvalue weighted by atomic mass is 10.2. The third kappa shape index (κ3) is 3.86. The molecule has 10 heteroatoms. The first-order valence-electron chi connectivity index (χ1n) is 7.67. The number of amides is 1. The minimum atomic E-state index is -3.75. The number of rotatable bonds is 4. The van der Waals surface area contributed by atoms with Crippen molar-refractivity contribution in [2.24, 2.45) is 0 Å². The van der Waals surface area contributed by atoms with E-state index in [1.54, 1.807) is 0 Å². The highest BCUT2D eigenvalue weighted by Crippen LogP contribution is 2.23. The predicted molar refractivity (Wildman–Crippen MR) is 94.0 cm³/mol. The van der Waals surface area contributed by atoms with Gasteiger partial charge >= 0.3 is 0 Å². The van der Waals surface area contributed by atoms with Crippen LogP contribution in [0.3, 0.4) is 0 Å². The molecule has 0 saturated carbocycles. The molecule has 0 bridgehead atoms. The second-order valence-electron chi connectivity index (χ2n) is 5.60. The summed E-state index contributed by atoms with van der Waals surface area (Å²) >= 11 is 3.19. The Morgan fingerprint density at radius 3 is 2.68 bits per heavy atom. The molecule has 0 aliphatic carbocycles. The fraction of sp³-hybridized carbons (Fsp3) is 0.333. The highest BCUT2D eigenvalue weighted by molar-refractivity contribution is 9.10. The summed E-state index contributed by atoms with van der Waals surface area (Å²) in [6, 6.07) is 3.97. The zero-order valence-electron chi connectivity index (χ0n) is 13.1. The van der Waals surface area contributed by atoms with Gasteiger partial charge in [0.05, 0.1) is 0 Å². The van der Waals surface area contributed by atoms with Crippen molar-refractivity contribution < 1.29 is 17.6 Å². The molecule has 1 saturated heterocycles. The lowest BCUT2D eigenvalue weighted by molar-refractivity contribution is 0.0991. The maximum absolute atomic E-state index is 12.5. The zero-order chi connectivity index (χ0) is 18.0. The average molecular weight is 430 g/mol. The van der Waals surface area contributed by atoms with Crippen molar-refractivity contribution in [3.8, 4) is 0 Å². The van der Waals surface area contributed by atoms with Crippen molar-refractivity contribution in [2.75, 3.05) is 18.4 Å². The van der Waals surface area contributed by atoms with Crippen molar-refractivity contribution in [2.45, 2.75) is 24.4 Å². The molecule has 2 aromatic rings. The van der Waals surface area contributed by atoms with Gasteiger partial charge in [0.25, 0.3) is 21.5 Å². The van der Waals surface area contributed by atoms with E-state index in [2.05, 4.69) is 26.2 Å². The van der Waals surface area contributed by atoms with Crippen molar-refractivity contribution in [3.05, 3.63) is 45.0 Å². The summed E-state index contributed by atoms with van der Waals surface area (Å²) < 4.78 is 32.2. The molecule has 0 spiro atoms. The Morgan fingerprint density at radius 1 is 1.24 bits per heavy atom. The average Bonchev–Trinajstić information content (AvgIpc) is 3.10. The van der Waals surface area contributed by atoms with Gasteiger partial charge < -0.3 is 14.7 Å². The Kier molecular flexibility index (Phi) is 5.11. The number of furan rings is 1. The van der Waals surface area contributed by atoms with Crippen molar-refractivity contribution in [1.82, 2.24) is 9.29 Å². The molecule has 134 valence electrons. The van der Waals surface area contributed by atoms with E-state index in [1.165, 1.54) is 28.7 Å². The number of nitrogens with one attached hydrogen (secondary N) is 2. The summed E-state index contributed by atoms with van der Waals surface area (Å²) in [6.45, 7) is 0.885. The topological polar surface area (TPSA) is 112 Å². The number of nitrogens with zero attached hydrogens (tertiary/aromatic N) is 1. The molecule has 1 amide bonds. The monoisotopic (exact) mass is 429 g/mol. The number of halogens is 1. The van der Waals surface area contributed by atoms with Crippen LogP contribution in [0.15, 0.2) is 43.2 Å². The second kappa shape index (κ2) is 7.14. The summed E-state index contributed by atoms with van der Waals surface area (Å²) in [5, 5.41) is 2.12. The first kappa shape index (κ1) is 17.9. The summed E-state index contributed by atoms with van der Waals surface area (Å²) in [5.74, 6) is -0.890. The molecule has 0 atom stereocenters. The molecular formula is C15H16BrN3O5S. The first-order chi connectivity index (χ1) is 11.9. The number of anilines is 1. The Labute approximate surface area is 152 Å². The van der Waals surface area contributed by atoms with Crippen LogP contribution in [-0.2, 0) is 10.0 Å². The van der Waals surface area contributed by atoms with E-state index in [9.17, 15) is 18.0 Å². The summed E-state index contributed by atoms with van der Waals surface area (Å²) in [6.07, 6.45) is 4.05. The number of piperidine rings is 1. The smallest absolute Gasteiger partial charge is 0.291 e. The van der Waals surface area contributed by atoms with E-state index in [1.807, 2.05) is 0 Å². The van der Waals surface area contributed by atoms with Crippen LogP contribution in [0.1, 0.15) is 29.8 Å². The Balaban J connectivity index is 1.79. The van der Waals surface area contributed by atoms with Gasteiger partial charge in [-0.05, 0) is 47.0 Å². The summed E-state index contributed by atoms with van der Waals surface area (Å²) in [5.41, 5.74) is -0.458. The quantitative estimate of drug-likeness (QED) is 0.772. The summed E-state index contributed by atoms with van der Waals surface area (Å²) in [7, 11) is -3.75. The normalized spacial score (nSPS) is 15.9. The van der Waals surface area contributed by atoms with Gasteiger partial charge in [-0.1, -0.05) is 6.42 Å². The van der Waals surface area contributed by atoms with Crippen LogP contribution in [0.2, 0.25) is 0 Å². The maximum atomic E-state index is 12.5. The molecule has 1 aliphatic heterocycles. The molecular weight excluding hydrogens is 414 g/mol. The number of carbonyl (C=O) groups excluding carboxylic acids is 1. The van der Waals surface area contributed by atoms with Gasteiger partial charge in [0.1, 0.15) is 5.69 Å². The van der Waals surface area contributed by atoms with Crippen LogP contribution in [0.5, 0.6) is 0 Å². The fourth-order valence-electron chi connectivity index (χ4n) is 2.55. The van der Waals surface area contributed by atoms with Crippen molar-refractivity contribution in [3.63, 3.8) is 0 Å². The minimum absolute atomic E-state index is 0.0243. The van der Waals surface area contributed by atoms with Crippen LogP contribution in [-0.4, -0.2) is 36.7 Å². The van der Waals surface area contributed by atoms with Crippen LogP contribution >= 0.6 is 15.9 Å². The number of sulfonamides is 1. The molecule has 3 rings (SSSR count). The van der Waals surface area contributed by atoms with Gasteiger partial charge in [-0.15, -0.1) is 0 Å². The highest BCUT2D eigenvalue weighted by atomic mass is 79.9. The molecule has 1 aliphatic rings. The first-order valence-corrected chi connectivity index (χ1v) is 9.91. The molecule has 2 aromatic heterocycles. The molecule has 0 unspecified atom stereocenters. The van der Waals surface area contributed by atoms with Crippen LogP contribution in [0.4, 0.5) is 5.69 Å². The number of aromatic nitrogens is 1. The minimum Gasteiger partial charge on any atom is -0.438 e. The molecule has 8 nitrogen and oxygen atoms in total. The lowest BCUT2D eigenvalue weighted by Crippen LogP contribution is -2.35. The Morgan fingerprint density at radius 2 is 1.96 bits per heavy atom. The van der Waals surface area contributed by atoms with Gasteiger partial charge in [0.15, 0.2) is 5.76 Å². The van der Waals surface area contributed by atoms with Gasteiger partial charge in [-0.2, -0.15) is 4.31 Å². The number of pyridine rings is 1. The van der Waals surface area contributed by atoms with Gasteiger partial charge in [0, 0.05) is 23.8 Å². The number of H-pyrrole nitrogens is 1. The SMILES string of the molecule is O=C(Nc1cc(Br)c[nH]c1=O)c1ccc(S(=O)(=O)N2CCCCC2)o1. The summed E-state index contributed by atoms with van der Waals surface area (Å²) in [4.78, 5) is 26.3. The van der Waals surface area contributed by atoms with E-state index < -0.39 is 21.5 Å². The van der Waals surface area contributed by atoms with Crippen LogP contribution in [0, 0.1) is 0 Å². The Bertz CT molecular complexity index is 944. The van der Waals surface area contributed by atoms with Gasteiger partial charge in [-0.3, -0.25) is 9.59 Å². The van der Waals surface area contributed by atoms with E-state index in [0.717, 1.165) is 19.3 Å². The second-order valence-corrected chi connectivity index (χ2v) is 8.38. The largest absolute Gasteiger partial charge is 0.438 e. The van der Waals surface area contributed by atoms with E-state index in [4.69, 9.17) is 4.42 Å². The van der Waals surface area contributed by atoms with Gasteiger partial charge in [-0.25, -0.2) is 8.42 Å². The van der Waals surface area contributed by atoms with E-state index in [0.29, 0.717) is 17.6 Å². The van der Waals surface area contributed by atoms with Crippen molar-refractivity contribution in [1.29, 1.82) is 0 Å². The zero-order valence-corrected chi connectivity index (χ0v) is 15.5. The fourth-order valence-corrected chi connectivity index (χ4v) is 4.32. The maximum Gasteiger partial charge on any atom is 0.291 e. The lowest BCUT2D eigenvalue weighted by Gasteiger charge is -2.24. The van der Waals surface area contributed by atoms with Crippen LogP contribution < -0.4 is 10.9 Å². The third-order valence-electron chi connectivity index (χ3n) is 3.83. The molecule has 3 heterocycles. The molecule has 2 N–H and O–H groups in total. The molecule has 0 aromatic carbocycles. The molecule has 1 fully saturated rings. The van der Waals surface area contributed by atoms with E-state index >= 15 is 0 Å². The van der Waals surface area contributed by atoms with Gasteiger partial charge in [0.2, 0.25) is 5.09 Å². The predicted octanol–water partition coefficient (Wildman–Crippen LogP) is 2.16. The highest BCUT2D eigenvalue weighted by Gasteiger charge is 2.29. The standard InChI is InChI=1S/C15H16BrN3O5S/c16-10-8-11(14(20)17-9-10)18-15(21)12-4-5-13(24-12)25(22,23)19-6-2-1-3-7-19/h4-5,8-9H,1-3,6-7H2,(H,17,20)(H,18,21). The third-order valence-corrected chi connectivity index (χ3v) is 6.06. The molecule has 25 heavy (non-hydrogen) atoms. The Hall–Kier alpha value is -1.91.